The van der Waals surface area contributed by atoms with E-state index in [9.17, 15) is 8.42 Å². The van der Waals surface area contributed by atoms with Gasteiger partial charge in [-0.25, -0.2) is 18.1 Å². The highest BCUT2D eigenvalue weighted by Gasteiger charge is 2.15. The maximum absolute atomic E-state index is 11.7. The number of aromatic nitrogens is 2. The fraction of sp³-hybridized carbons (Fsp3) is 0.750. The van der Waals surface area contributed by atoms with E-state index in [1.54, 1.807) is 0 Å². The molecule has 2 rings (SSSR count). The molecule has 1 aromatic heterocycles. The smallest absolute Gasteiger partial charge is 0.257 e. The van der Waals surface area contributed by atoms with Crippen molar-refractivity contribution >= 4 is 10.0 Å². The number of aromatic amines is 1. The molecule has 1 fully saturated rings. The molecule has 0 amide bonds. The Morgan fingerprint density at radius 2 is 2.16 bits per heavy atom. The summed E-state index contributed by atoms with van der Waals surface area (Å²) in [7, 11) is -3.45. The lowest BCUT2D eigenvalue weighted by atomic mass is 9.98. The van der Waals surface area contributed by atoms with Crippen LogP contribution in [-0.2, 0) is 14.8 Å². The van der Waals surface area contributed by atoms with E-state index in [-0.39, 0.29) is 5.03 Å². The molecule has 108 valence electrons. The molecule has 1 aromatic rings. The average Bonchev–Trinajstić information content (AvgIpc) is 2.94. The van der Waals surface area contributed by atoms with Gasteiger partial charge in [-0.2, -0.15) is 0 Å². The van der Waals surface area contributed by atoms with Crippen LogP contribution in [0.5, 0.6) is 0 Å². The highest BCUT2D eigenvalue weighted by molar-refractivity contribution is 7.89. The minimum Gasteiger partial charge on any atom is -0.378 e. The zero-order valence-corrected chi connectivity index (χ0v) is 11.8. The second kappa shape index (κ2) is 7.02. The zero-order chi connectivity index (χ0) is 13.6. The molecule has 0 saturated heterocycles. The Balaban J connectivity index is 1.61. The number of H-pyrrole nitrogens is 1. The quantitative estimate of drug-likeness (QED) is 0.743. The lowest BCUT2D eigenvalue weighted by molar-refractivity contribution is 0.0278. The van der Waals surface area contributed by atoms with Crippen molar-refractivity contribution in [2.24, 2.45) is 0 Å². The first-order valence-electron chi connectivity index (χ1n) is 6.78. The van der Waals surface area contributed by atoms with Crippen LogP contribution in [0.25, 0.3) is 0 Å². The van der Waals surface area contributed by atoms with Gasteiger partial charge in [-0.15, -0.1) is 0 Å². The molecule has 0 atom stereocenters. The van der Waals surface area contributed by atoms with Gasteiger partial charge in [0.25, 0.3) is 10.0 Å². The third-order valence-corrected chi connectivity index (χ3v) is 4.67. The minimum atomic E-state index is -3.45. The molecule has 6 nitrogen and oxygen atoms in total. The van der Waals surface area contributed by atoms with Gasteiger partial charge in [-0.05, 0) is 19.3 Å². The monoisotopic (exact) mass is 287 g/mol. The molecular weight excluding hydrogens is 266 g/mol. The van der Waals surface area contributed by atoms with Gasteiger partial charge < -0.3 is 9.72 Å². The molecule has 1 heterocycles. The summed E-state index contributed by atoms with van der Waals surface area (Å²) < 4.78 is 31.7. The zero-order valence-electron chi connectivity index (χ0n) is 11.0. The summed E-state index contributed by atoms with van der Waals surface area (Å²) in [6.07, 6.45) is 9.78. The Labute approximate surface area is 114 Å². The van der Waals surface area contributed by atoms with E-state index in [2.05, 4.69) is 14.7 Å². The summed E-state index contributed by atoms with van der Waals surface area (Å²) in [5.74, 6) is 0. The average molecular weight is 287 g/mol. The second-order valence-corrected chi connectivity index (χ2v) is 6.53. The second-order valence-electron chi connectivity index (χ2n) is 4.80. The standard InChI is InChI=1S/C12H21N3O3S/c16-19(17,12-9-13-10-14-12)15-7-4-8-18-11-5-2-1-3-6-11/h9-11,15H,1-8H2,(H,13,14). The molecule has 0 unspecified atom stereocenters. The lowest BCUT2D eigenvalue weighted by Crippen LogP contribution is -2.26. The molecule has 1 aliphatic rings. The van der Waals surface area contributed by atoms with Crippen LogP contribution in [0.4, 0.5) is 0 Å². The molecular formula is C12H21N3O3S. The van der Waals surface area contributed by atoms with Crippen LogP contribution >= 0.6 is 0 Å². The van der Waals surface area contributed by atoms with Crippen LogP contribution in [0.15, 0.2) is 17.6 Å². The first-order valence-corrected chi connectivity index (χ1v) is 8.26. The molecule has 0 spiro atoms. The van der Waals surface area contributed by atoms with Crippen molar-refractivity contribution in [1.82, 2.24) is 14.7 Å². The Morgan fingerprint density at radius 1 is 1.37 bits per heavy atom. The number of sulfonamides is 1. The van der Waals surface area contributed by atoms with Crippen molar-refractivity contribution in [1.29, 1.82) is 0 Å². The van der Waals surface area contributed by atoms with Gasteiger partial charge in [-0.1, -0.05) is 19.3 Å². The van der Waals surface area contributed by atoms with Crippen LogP contribution in [0.1, 0.15) is 38.5 Å². The van der Waals surface area contributed by atoms with Gasteiger partial charge in [0.2, 0.25) is 0 Å². The number of ether oxygens (including phenoxy) is 1. The SMILES string of the molecule is O=S(=O)(NCCCOC1CCCCC1)c1cnc[nH]1. The molecule has 7 heteroatoms. The molecule has 0 bridgehead atoms. The van der Waals surface area contributed by atoms with Crippen LogP contribution in [0, 0.1) is 0 Å². The third kappa shape index (κ3) is 4.59. The Hall–Kier alpha value is -0.920. The normalized spacial score (nSPS) is 17.7. The first-order chi connectivity index (χ1) is 9.18. The number of hydrogen-bond donors (Lipinski definition) is 2. The summed E-state index contributed by atoms with van der Waals surface area (Å²) in [5, 5.41) is 0.0979. The van der Waals surface area contributed by atoms with E-state index in [0.717, 1.165) is 12.8 Å². The van der Waals surface area contributed by atoms with Crippen LogP contribution in [-0.4, -0.2) is 37.6 Å². The van der Waals surface area contributed by atoms with Gasteiger partial charge in [0.05, 0.1) is 18.6 Å². The molecule has 1 aliphatic carbocycles. The van der Waals surface area contributed by atoms with Crippen LogP contribution in [0.2, 0.25) is 0 Å². The molecule has 2 N–H and O–H groups in total. The number of imidazole rings is 1. The first kappa shape index (κ1) is 14.5. The summed E-state index contributed by atoms with van der Waals surface area (Å²) >= 11 is 0. The van der Waals surface area contributed by atoms with Crippen molar-refractivity contribution in [3.63, 3.8) is 0 Å². The molecule has 19 heavy (non-hydrogen) atoms. The van der Waals surface area contributed by atoms with Gasteiger partial charge >= 0.3 is 0 Å². The lowest BCUT2D eigenvalue weighted by Gasteiger charge is -2.21. The minimum absolute atomic E-state index is 0.0979. The summed E-state index contributed by atoms with van der Waals surface area (Å²) in [6.45, 7) is 0.990. The van der Waals surface area contributed by atoms with Crippen LogP contribution in [0.3, 0.4) is 0 Å². The number of rotatable bonds is 7. The van der Waals surface area contributed by atoms with E-state index in [1.165, 1.54) is 31.8 Å². The predicted octanol–water partition coefficient (Wildman–Crippen LogP) is 1.43. The summed E-state index contributed by atoms with van der Waals surface area (Å²) in [4.78, 5) is 6.27. The van der Waals surface area contributed by atoms with E-state index in [4.69, 9.17) is 4.74 Å². The molecule has 1 saturated carbocycles. The van der Waals surface area contributed by atoms with Gasteiger partial charge in [0.1, 0.15) is 0 Å². The maximum atomic E-state index is 11.7. The van der Waals surface area contributed by atoms with E-state index >= 15 is 0 Å². The van der Waals surface area contributed by atoms with E-state index in [1.807, 2.05) is 0 Å². The maximum Gasteiger partial charge on any atom is 0.257 e. The third-order valence-electron chi connectivity index (χ3n) is 3.28. The fourth-order valence-corrected chi connectivity index (χ4v) is 3.20. The number of nitrogens with zero attached hydrogens (tertiary/aromatic N) is 1. The highest BCUT2D eigenvalue weighted by Crippen LogP contribution is 2.20. The van der Waals surface area contributed by atoms with Gasteiger partial charge in [0, 0.05) is 13.2 Å². The van der Waals surface area contributed by atoms with Crippen molar-refractivity contribution in [3.8, 4) is 0 Å². The largest absolute Gasteiger partial charge is 0.378 e. The number of hydrogen-bond acceptors (Lipinski definition) is 4. The van der Waals surface area contributed by atoms with E-state index in [0.29, 0.717) is 25.7 Å². The van der Waals surface area contributed by atoms with Gasteiger partial charge in [-0.3, -0.25) is 0 Å². The highest BCUT2D eigenvalue weighted by atomic mass is 32.2. The van der Waals surface area contributed by atoms with Crippen molar-refractivity contribution in [3.05, 3.63) is 12.5 Å². The molecule has 0 aliphatic heterocycles. The van der Waals surface area contributed by atoms with Crippen LogP contribution < -0.4 is 4.72 Å². The summed E-state index contributed by atoms with van der Waals surface area (Å²) in [5.41, 5.74) is 0. The Morgan fingerprint density at radius 3 is 2.84 bits per heavy atom. The van der Waals surface area contributed by atoms with Gasteiger partial charge in [0.15, 0.2) is 5.03 Å². The van der Waals surface area contributed by atoms with Crippen molar-refractivity contribution < 1.29 is 13.2 Å². The Kier molecular flexibility index (Phi) is 5.35. The topological polar surface area (TPSA) is 84.1 Å². The van der Waals surface area contributed by atoms with Crippen molar-refractivity contribution in [2.45, 2.75) is 49.7 Å². The Bertz CT molecular complexity index is 453. The van der Waals surface area contributed by atoms with Crippen molar-refractivity contribution in [2.75, 3.05) is 13.2 Å². The predicted molar refractivity (Wildman–Crippen MR) is 71.2 cm³/mol. The molecule has 0 radical (unpaired) electrons. The molecule has 0 aromatic carbocycles. The fourth-order valence-electron chi connectivity index (χ4n) is 2.23. The number of nitrogens with one attached hydrogen (secondary N) is 2. The van der Waals surface area contributed by atoms with E-state index < -0.39 is 10.0 Å². The summed E-state index contributed by atoms with van der Waals surface area (Å²) in [6, 6.07) is 0.